The molecule has 1 aromatic carbocycles. The second kappa shape index (κ2) is 6.15. The summed E-state index contributed by atoms with van der Waals surface area (Å²) < 4.78 is 16.5. The van der Waals surface area contributed by atoms with E-state index in [1.54, 1.807) is 6.07 Å². The van der Waals surface area contributed by atoms with Crippen LogP contribution in [-0.2, 0) is 0 Å². The highest BCUT2D eigenvalue weighted by atomic mass is 19.1. The summed E-state index contributed by atoms with van der Waals surface area (Å²) in [6.45, 7) is 2.96. The number of nitrogens with one attached hydrogen (secondary N) is 1. The van der Waals surface area contributed by atoms with Gasteiger partial charge in [-0.1, -0.05) is 0 Å². The maximum atomic E-state index is 14.7. The van der Waals surface area contributed by atoms with Gasteiger partial charge in [0.05, 0.1) is 11.2 Å². The quantitative estimate of drug-likeness (QED) is 0.890. The normalized spacial score (nSPS) is 18.4. The summed E-state index contributed by atoms with van der Waals surface area (Å²) in [6.07, 6.45) is 4.39. The zero-order valence-electron chi connectivity index (χ0n) is 13.8. The highest BCUT2D eigenvalue weighted by Gasteiger charge is 2.25. The standard InChI is InChI=1S/C18H20FN3O3/c19-14-8-12-15(9-16(14)21-6-4-20-5-7-21)22(11-2-1-3-11)10-13(17(12)23)18(24)25/h8-11,20H,1-7H2,(H,24,25). The zero-order chi connectivity index (χ0) is 17.6. The van der Waals surface area contributed by atoms with E-state index in [0.717, 1.165) is 32.4 Å². The number of benzene rings is 1. The second-order valence-electron chi connectivity index (χ2n) is 6.73. The van der Waals surface area contributed by atoms with Gasteiger partial charge in [-0.3, -0.25) is 4.79 Å². The number of rotatable bonds is 3. The summed E-state index contributed by atoms with van der Waals surface area (Å²) in [5, 5.41) is 12.7. The summed E-state index contributed by atoms with van der Waals surface area (Å²) in [4.78, 5) is 25.9. The molecule has 0 radical (unpaired) electrons. The van der Waals surface area contributed by atoms with Crippen LogP contribution in [0.2, 0.25) is 0 Å². The lowest BCUT2D eigenvalue weighted by Crippen LogP contribution is -2.44. The molecular formula is C18H20FN3O3. The van der Waals surface area contributed by atoms with Crippen molar-refractivity contribution in [3.8, 4) is 0 Å². The van der Waals surface area contributed by atoms with Gasteiger partial charge in [0.2, 0.25) is 5.43 Å². The molecule has 0 spiro atoms. The van der Waals surface area contributed by atoms with E-state index in [9.17, 15) is 19.1 Å². The predicted molar refractivity (Wildman–Crippen MR) is 93.1 cm³/mol. The highest BCUT2D eigenvalue weighted by molar-refractivity contribution is 5.93. The second-order valence-corrected chi connectivity index (χ2v) is 6.73. The number of fused-ring (bicyclic) bond motifs is 1. The number of aromatic carboxylic acids is 1. The van der Waals surface area contributed by atoms with Crippen molar-refractivity contribution in [1.82, 2.24) is 9.88 Å². The molecular weight excluding hydrogens is 325 g/mol. The van der Waals surface area contributed by atoms with Crippen molar-refractivity contribution in [2.75, 3.05) is 31.1 Å². The van der Waals surface area contributed by atoms with Gasteiger partial charge in [0.1, 0.15) is 11.4 Å². The van der Waals surface area contributed by atoms with Crippen molar-refractivity contribution in [1.29, 1.82) is 0 Å². The zero-order valence-corrected chi connectivity index (χ0v) is 13.8. The van der Waals surface area contributed by atoms with Crippen LogP contribution in [0.15, 0.2) is 23.1 Å². The van der Waals surface area contributed by atoms with Crippen molar-refractivity contribution in [3.63, 3.8) is 0 Å². The number of pyridine rings is 1. The lowest BCUT2D eigenvalue weighted by molar-refractivity contribution is 0.0694. The maximum Gasteiger partial charge on any atom is 0.341 e. The van der Waals surface area contributed by atoms with Crippen LogP contribution in [-0.4, -0.2) is 41.8 Å². The lowest BCUT2D eigenvalue weighted by Gasteiger charge is -2.32. The summed E-state index contributed by atoms with van der Waals surface area (Å²) in [7, 11) is 0. The topological polar surface area (TPSA) is 74.6 Å². The lowest BCUT2D eigenvalue weighted by atomic mass is 9.92. The summed E-state index contributed by atoms with van der Waals surface area (Å²) >= 11 is 0. The smallest absolute Gasteiger partial charge is 0.341 e. The van der Waals surface area contributed by atoms with E-state index in [4.69, 9.17) is 0 Å². The van der Waals surface area contributed by atoms with Gasteiger partial charge in [-0.15, -0.1) is 0 Å². The molecule has 2 heterocycles. The summed E-state index contributed by atoms with van der Waals surface area (Å²) in [6, 6.07) is 3.08. The number of anilines is 1. The SMILES string of the molecule is O=C(O)c1cn(C2CCC2)c2cc(N3CCNCC3)c(F)cc2c1=O. The van der Waals surface area contributed by atoms with E-state index in [1.807, 2.05) is 9.47 Å². The molecule has 25 heavy (non-hydrogen) atoms. The van der Waals surface area contributed by atoms with Gasteiger partial charge in [0, 0.05) is 43.8 Å². The Morgan fingerprint density at radius 1 is 1.24 bits per heavy atom. The van der Waals surface area contributed by atoms with Crippen LogP contribution in [0.4, 0.5) is 10.1 Å². The summed E-state index contributed by atoms with van der Waals surface area (Å²) in [5.41, 5.74) is 0.178. The number of nitrogens with zero attached hydrogens (tertiary/aromatic N) is 2. The monoisotopic (exact) mass is 345 g/mol. The molecule has 132 valence electrons. The number of hydrogen-bond acceptors (Lipinski definition) is 4. The minimum absolute atomic E-state index is 0.142. The van der Waals surface area contributed by atoms with Crippen LogP contribution < -0.4 is 15.6 Å². The highest BCUT2D eigenvalue weighted by Crippen LogP contribution is 2.35. The number of aromatic nitrogens is 1. The first-order valence-electron chi connectivity index (χ1n) is 8.63. The van der Waals surface area contributed by atoms with Gasteiger partial charge >= 0.3 is 5.97 Å². The Labute approximate surface area is 143 Å². The van der Waals surface area contributed by atoms with Crippen LogP contribution in [0, 0.1) is 5.82 Å². The number of piperazine rings is 1. The van der Waals surface area contributed by atoms with Crippen LogP contribution in [0.3, 0.4) is 0 Å². The third-order valence-corrected chi connectivity index (χ3v) is 5.26. The average Bonchev–Trinajstić information content (AvgIpc) is 2.56. The van der Waals surface area contributed by atoms with Crippen LogP contribution in [0.5, 0.6) is 0 Å². The molecule has 0 unspecified atom stereocenters. The van der Waals surface area contributed by atoms with Gasteiger partial charge in [0.25, 0.3) is 0 Å². The Morgan fingerprint density at radius 3 is 2.56 bits per heavy atom. The Balaban J connectivity index is 1.94. The minimum atomic E-state index is -1.27. The minimum Gasteiger partial charge on any atom is -0.477 e. The van der Waals surface area contributed by atoms with Crippen molar-refractivity contribution in [3.05, 3.63) is 39.9 Å². The Morgan fingerprint density at radius 2 is 1.96 bits per heavy atom. The first-order chi connectivity index (χ1) is 12.1. The fraction of sp³-hybridized carbons (Fsp3) is 0.444. The van der Waals surface area contributed by atoms with E-state index >= 15 is 0 Å². The van der Waals surface area contributed by atoms with Gasteiger partial charge in [-0.2, -0.15) is 0 Å². The molecule has 1 saturated carbocycles. The van der Waals surface area contributed by atoms with Crippen LogP contribution >= 0.6 is 0 Å². The number of halogens is 1. The number of hydrogen-bond donors (Lipinski definition) is 2. The van der Waals surface area contributed by atoms with Gasteiger partial charge in [-0.05, 0) is 31.4 Å². The molecule has 1 saturated heterocycles. The van der Waals surface area contributed by atoms with Crippen molar-refractivity contribution >= 4 is 22.6 Å². The predicted octanol–water partition coefficient (Wildman–Crippen LogP) is 1.97. The Bertz CT molecular complexity index is 899. The molecule has 0 bridgehead atoms. The molecule has 2 aromatic rings. The molecule has 1 aromatic heterocycles. The molecule has 1 aliphatic heterocycles. The molecule has 2 N–H and O–H groups in total. The largest absolute Gasteiger partial charge is 0.477 e. The Hall–Kier alpha value is -2.41. The van der Waals surface area contributed by atoms with Gasteiger partial charge in [-0.25, -0.2) is 9.18 Å². The molecule has 1 aliphatic carbocycles. The molecule has 7 heteroatoms. The number of carboxylic acids is 1. The average molecular weight is 345 g/mol. The third-order valence-electron chi connectivity index (χ3n) is 5.26. The molecule has 4 rings (SSSR count). The van der Waals surface area contributed by atoms with E-state index in [1.165, 1.54) is 12.3 Å². The molecule has 2 fully saturated rings. The molecule has 0 atom stereocenters. The fourth-order valence-corrected chi connectivity index (χ4v) is 3.63. The van der Waals surface area contributed by atoms with E-state index < -0.39 is 17.2 Å². The van der Waals surface area contributed by atoms with Crippen molar-refractivity contribution < 1.29 is 14.3 Å². The van der Waals surface area contributed by atoms with E-state index in [0.29, 0.717) is 24.3 Å². The van der Waals surface area contributed by atoms with Crippen LogP contribution in [0.25, 0.3) is 10.9 Å². The number of carbonyl (C=O) groups is 1. The van der Waals surface area contributed by atoms with Gasteiger partial charge < -0.3 is 19.9 Å². The van der Waals surface area contributed by atoms with Gasteiger partial charge in [0.15, 0.2) is 0 Å². The third kappa shape index (κ3) is 2.68. The molecule has 6 nitrogen and oxygen atoms in total. The van der Waals surface area contributed by atoms with Crippen molar-refractivity contribution in [2.45, 2.75) is 25.3 Å². The van der Waals surface area contributed by atoms with E-state index in [-0.39, 0.29) is 17.0 Å². The van der Waals surface area contributed by atoms with Crippen molar-refractivity contribution in [2.24, 2.45) is 0 Å². The number of carboxylic acid groups (broad SMARTS) is 1. The fourth-order valence-electron chi connectivity index (χ4n) is 3.63. The first kappa shape index (κ1) is 16.1. The van der Waals surface area contributed by atoms with E-state index in [2.05, 4.69) is 5.32 Å². The summed E-state index contributed by atoms with van der Waals surface area (Å²) in [5.74, 6) is -1.75. The molecule has 0 amide bonds. The molecule has 2 aliphatic rings. The first-order valence-corrected chi connectivity index (χ1v) is 8.63. The van der Waals surface area contributed by atoms with Crippen LogP contribution in [0.1, 0.15) is 35.7 Å². The maximum absolute atomic E-state index is 14.7. The Kier molecular flexibility index (Phi) is 3.95.